The number of phenolic OH excluding ortho intramolecular Hbond substituents is 1. The van der Waals surface area contributed by atoms with Gasteiger partial charge < -0.3 is 20.4 Å². The molecular weight excluding hydrogens is 404 g/mol. The number of nitrogens with one attached hydrogen (secondary N) is 1. The van der Waals surface area contributed by atoms with Crippen molar-refractivity contribution in [3.63, 3.8) is 0 Å². The Bertz CT molecular complexity index is 1130. The van der Waals surface area contributed by atoms with Crippen LogP contribution in [0.15, 0.2) is 42.5 Å². The van der Waals surface area contributed by atoms with Crippen LogP contribution < -0.4 is 10.2 Å². The Kier molecular flexibility index (Phi) is 6.28. The Balaban J connectivity index is 0.00000306. The van der Waals surface area contributed by atoms with Gasteiger partial charge in [-0.15, -0.1) is 0 Å². The van der Waals surface area contributed by atoms with Crippen molar-refractivity contribution < 1.29 is 16.4 Å². The number of phenols is 1. The second kappa shape index (κ2) is 9.12. The van der Waals surface area contributed by atoms with E-state index in [1.165, 1.54) is 0 Å². The molecule has 1 atom stereocenters. The maximum atomic E-state index is 12.2. The number of para-hydroxylation sites is 1. The van der Waals surface area contributed by atoms with E-state index < -0.39 is 6.10 Å². The van der Waals surface area contributed by atoms with Crippen LogP contribution in [-0.2, 0) is 4.79 Å². The van der Waals surface area contributed by atoms with E-state index in [1.54, 1.807) is 12.1 Å². The number of aliphatic hydroxyl groups excluding tert-OH is 1. The molecule has 7 heteroatoms. The average molecular weight is 437 g/mol. The fourth-order valence-electron chi connectivity index (χ4n) is 4.07. The maximum Gasteiger partial charge on any atom is 0.249 e. The first kappa shape index (κ1) is 22.0. The fraction of sp³-hybridized carbons (Fsp3) is 0.400. The molecule has 1 aliphatic rings. The predicted octanol–water partition coefficient (Wildman–Crippen LogP) is 3.66. The smallest absolute Gasteiger partial charge is 0.249 e. The number of hydrogen-bond donors (Lipinski definition) is 3. The molecule has 4 rings (SSSR count). The number of hydrogen-bond acceptors (Lipinski definition) is 6. The number of fused-ring (bicyclic) bond motifs is 1. The molecule has 0 radical (unpaired) electrons. The number of nitrogens with zero attached hydrogens (tertiary/aromatic N) is 3. The average Bonchev–Trinajstić information content (AvgIpc) is 2.78. The molecule has 0 bridgehead atoms. The predicted molar refractivity (Wildman–Crippen MR) is 128 cm³/mol. The first-order valence-electron chi connectivity index (χ1n) is 11.1. The lowest BCUT2D eigenvalue weighted by Gasteiger charge is -2.34. The third-order valence-corrected chi connectivity index (χ3v) is 6.02. The zero-order valence-corrected chi connectivity index (χ0v) is 18.7. The van der Waals surface area contributed by atoms with E-state index in [2.05, 4.69) is 16.3 Å². The number of benzene rings is 2. The van der Waals surface area contributed by atoms with Crippen molar-refractivity contribution in [2.45, 2.75) is 45.8 Å². The Labute approximate surface area is 189 Å². The van der Waals surface area contributed by atoms with Gasteiger partial charge in [0.15, 0.2) is 5.82 Å². The molecule has 0 saturated carbocycles. The Hall–Kier alpha value is -3.19. The lowest BCUT2D eigenvalue weighted by atomic mass is 10.0. The van der Waals surface area contributed by atoms with Gasteiger partial charge in [-0.1, -0.05) is 32.0 Å². The van der Waals surface area contributed by atoms with Gasteiger partial charge in [-0.25, -0.2) is 9.97 Å². The van der Waals surface area contributed by atoms with Crippen molar-refractivity contribution in [2.24, 2.45) is 5.92 Å². The zero-order valence-electron chi connectivity index (χ0n) is 18.7. The van der Waals surface area contributed by atoms with Crippen molar-refractivity contribution in [3.8, 4) is 17.1 Å². The number of carbonyl (C=O) groups excluding carboxylic acids is 1. The highest BCUT2D eigenvalue weighted by molar-refractivity contribution is 5.92. The van der Waals surface area contributed by atoms with E-state index >= 15 is 0 Å². The first-order valence-corrected chi connectivity index (χ1v) is 11.1. The summed E-state index contributed by atoms with van der Waals surface area (Å²) >= 11 is 0. The van der Waals surface area contributed by atoms with Gasteiger partial charge in [-0.3, -0.25) is 4.79 Å². The summed E-state index contributed by atoms with van der Waals surface area (Å²) in [5.74, 6) is 1.06. The minimum absolute atomic E-state index is 0. The molecular formula is C25H32N4O3. The molecule has 2 heterocycles. The van der Waals surface area contributed by atoms with Gasteiger partial charge in [0.05, 0.1) is 11.1 Å². The van der Waals surface area contributed by atoms with Crippen LogP contribution in [0.4, 0.5) is 5.82 Å². The Morgan fingerprint density at radius 1 is 1.16 bits per heavy atom. The largest absolute Gasteiger partial charge is 0.507 e. The first-order chi connectivity index (χ1) is 15.3. The molecule has 3 N–H and O–H groups in total. The number of anilines is 1. The fourth-order valence-corrected chi connectivity index (χ4v) is 4.07. The number of aromatic hydroxyl groups is 1. The van der Waals surface area contributed by atoms with Gasteiger partial charge in [-0.05, 0) is 55.5 Å². The van der Waals surface area contributed by atoms with Gasteiger partial charge in [0.1, 0.15) is 17.7 Å². The third kappa shape index (κ3) is 4.53. The molecule has 1 aromatic heterocycles. The Morgan fingerprint density at radius 3 is 2.56 bits per heavy atom. The summed E-state index contributed by atoms with van der Waals surface area (Å²) in [4.78, 5) is 24.0. The minimum Gasteiger partial charge on any atom is -0.507 e. The maximum absolute atomic E-state index is 12.2. The van der Waals surface area contributed by atoms with Crippen LogP contribution >= 0.6 is 0 Å². The molecule has 0 aliphatic carbocycles. The van der Waals surface area contributed by atoms with Crippen LogP contribution in [0.2, 0.25) is 0 Å². The van der Waals surface area contributed by atoms with Gasteiger partial charge in [0, 0.05) is 25.9 Å². The van der Waals surface area contributed by atoms with Crippen LogP contribution in [0.1, 0.15) is 33.7 Å². The highest BCUT2D eigenvalue weighted by atomic mass is 16.3. The highest BCUT2D eigenvalue weighted by Crippen LogP contribution is 2.33. The van der Waals surface area contributed by atoms with Crippen molar-refractivity contribution in [1.29, 1.82) is 0 Å². The molecule has 2 aromatic carbocycles. The molecule has 1 aliphatic heterocycles. The van der Waals surface area contributed by atoms with E-state index in [9.17, 15) is 15.0 Å². The summed E-state index contributed by atoms with van der Waals surface area (Å²) in [7, 11) is 0. The number of piperidine rings is 1. The number of rotatable bonds is 5. The summed E-state index contributed by atoms with van der Waals surface area (Å²) in [6.45, 7) is 7.14. The second-order valence-electron chi connectivity index (χ2n) is 8.87. The minimum atomic E-state index is -0.983. The molecule has 7 nitrogen and oxygen atoms in total. The second-order valence-corrected chi connectivity index (χ2v) is 8.87. The van der Waals surface area contributed by atoms with Crippen molar-refractivity contribution in [3.05, 3.63) is 48.0 Å². The van der Waals surface area contributed by atoms with Crippen LogP contribution in [0, 0.1) is 12.8 Å². The van der Waals surface area contributed by atoms with E-state index in [4.69, 9.17) is 9.97 Å². The van der Waals surface area contributed by atoms with Crippen molar-refractivity contribution >= 4 is 22.6 Å². The molecule has 1 unspecified atom stereocenters. The lowest BCUT2D eigenvalue weighted by molar-refractivity contribution is -0.132. The van der Waals surface area contributed by atoms with Crippen molar-refractivity contribution in [1.82, 2.24) is 15.3 Å². The van der Waals surface area contributed by atoms with E-state index in [-0.39, 0.29) is 25.0 Å². The molecule has 0 spiro atoms. The van der Waals surface area contributed by atoms with Gasteiger partial charge >= 0.3 is 0 Å². The Morgan fingerprint density at radius 2 is 1.88 bits per heavy atom. The molecule has 170 valence electrons. The van der Waals surface area contributed by atoms with Crippen LogP contribution in [0.5, 0.6) is 5.75 Å². The lowest BCUT2D eigenvalue weighted by Crippen LogP contribution is -2.48. The summed E-state index contributed by atoms with van der Waals surface area (Å²) in [6.07, 6.45) is 0.544. The van der Waals surface area contributed by atoms with Crippen LogP contribution in [-0.4, -0.2) is 51.3 Å². The zero-order chi connectivity index (χ0) is 22.8. The van der Waals surface area contributed by atoms with E-state index in [1.807, 2.05) is 45.0 Å². The molecule has 1 amide bonds. The number of carbonyl (C=O) groups is 1. The summed E-state index contributed by atoms with van der Waals surface area (Å²) in [5.41, 5.74) is 2.54. The van der Waals surface area contributed by atoms with E-state index in [0.29, 0.717) is 11.4 Å². The molecule has 1 fully saturated rings. The number of aryl methyl sites for hydroxylation is 1. The van der Waals surface area contributed by atoms with Gasteiger partial charge in [0.25, 0.3) is 0 Å². The van der Waals surface area contributed by atoms with Gasteiger partial charge in [0.2, 0.25) is 5.91 Å². The summed E-state index contributed by atoms with van der Waals surface area (Å²) in [6, 6.07) is 13.2. The van der Waals surface area contributed by atoms with Crippen molar-refractivity contribution in [2.75, 3.05) is 18.0 Å². The molecule has 1 saturated heterocycles. The third-order valence-electron chi connectivity index (χ3n) is 6.02. The monoisotopic (exact) mass is 436 g/mol. The quantitative estimate of drug-likeness (QED) is 0.565. The highest BCUT2D eigenvalue weighted by Gasteiger charge is 2.27. The number of aromatic nitrogens is 2. The topological polar surface area (TPSA) is 98.6 Å². The van der Waals surface area contributed by atoms with Gasteiger partial charge in [-0.2, -0.15) is 0 Å². The summed E-state index contributed by atoms with van der Waals surface area (Å²) in [5, 5.41) is 24.3. The SMILES string of the molecule is Cc1ccc2c(N3CCC(NC(=O)C(O)C(C)C)CC3)nc(-c3ccccc3O)nc2c1.[HH]. The van der Waals surface area contributed by atoms with Crippen LogP contribution in [0.3, 0.4) is 0 Å². The standard InChI is InChI=1S/C25H30N4O3.H2/c1-15(2)22(31)25(32)26-17-10-12-29(13-11-17)24-18-9-8-16(3)14-20(18)27-23(28-24)19-6-4-5-7-21(19)30;/h4-9,14-15,17,22,30-31H,10-13H2,1-3H3,(H,26,32);1H. The normalized spacial score (nSPS) is 15.8. The van der Waals surface area contributed by atoms with Crippen LogP contribution in [0.25, 0.3) is 22.3 Å². The number of aliphatic hydroxyl groups is 1. The number of amides is 1. The molecule has 32 heavy (non-hydrogen) atoms. The van der Waals surface area contributed by atoms with E-state index in [0.717, 1.165) is 48.2 Å². The molecule has 3 aromatic rings. The summed E-state index contributed by atoms with van der Waals surface area (Å²) < 4.78 is 0.